The zero-order valence-electron chi connectivity index (χ0n) is 10.4. The third-order valence-electron chi connectivity index (χ3n) is 2.39. The summed E-state index contributed by atoms with van der Waals surface area (Å²) in [7, 11) is 1.52. The monoisotopic (exact) mass is 291 g/mol. The summed E-state index contributed by atoms with van der Waals surface area (Å²) in [6.07, 6.45) is 1.85. The standard InChI is InChI=1S/C12H10ClN5O2/c1-18(11-4-2-3-8(6-19)16-11)12(20)17-10-5-9(13)14-7-15-10/h2-7H,1H3,(H,14,15,17,20). The van der Waals surface area contributed by atoms with Crippen LogP contribution in [-0.4, -0.2) is 34.3 Å². The summed E-state index contributed by atoms with van der Waals surface area (Å²) in [6.45, 7) is 0. The largest absolute Gasteiger partial charge is 0.328 e. The lowest BCUT2D eigenvalue weighted by Gasteiger charge is -2.16. The van der Waals surface area contributed by atoms with Crippen LogP contribution in [-0.2, 0) is 0 Å². The molecule has 1 N–H and O–H groups in total. The third kappa shape index (κ3) is 3.27. The molecule has 0 saturated carbocycles. The van der Waals surface area contributed by atoms with Gasteiger partial charge >= 0.3 is 6.03 Å². The van der Waals surface area contributed by atoms with Gasteiger partial charge in [-0.05, 0) is 12.1 Å². The maximum atomic E-state index is 12.0. The molecule has 0 saturated heterocycles. The number of pyridine rings is 1. The fraction of sp³-hybridized carbons (Fsp3) is 0.0833. The van der Waals surface area contributed by atoms with Gasteiger partial charge in [0.25, 0.3) is 0 Å². The van der Waals surface area contributed by atoms with E-state index in [4.69, 9.17) is 11.6 Å². The Morgan fingerprint density at radius 1 is 1.40 bits per heavy atom. The summed E-state index contributed by atoms with van der Waals surface area (Å²) in [5.41, 5.74) is 0.243. The quantitative estimate of drug-likeness (QED) is 0.690. The Bertz CT molecular complexity index is 649. The minimum Gasteiger partial charge on any atom is -0.296 e. The van der Waals surface area contributed by atoms with Crippen molar-refractivity contribution in [3.63, 3.8) is 0 Å². The molecule has 7 nitrogen and oxygen atoms in total. The van der Waals surface area contributed by atoms with Crippen LogP contribution >= 0.6 is 11.6 Å². The Kier molecular flexibility index (Phi) is 4.21. The average molecular weight is 292 g/mol. The van der Waals surface area contributed by atoms with Crippen molar-refractivity contribution >= 4 is 35.6 Å². The number of aromatic nitrogens is 3. The van der Waals surface area contributed by atoms with E-state index in [0.29, 0.717) is 12.1 Å². The van der Waals surface area contributed by atoms with Gasteiger partial charge in [0.1, 0.15) is 28.8 Å². The Morgan fingerprint density at radius 3 is 2.90 bits per heavy atom. The number of anilines is 2. The van der Waals surface area contributed by atoms with E-state index >= 15 is 0 Å². The lowest BCUT2D eigenvalue weighted by molar-refractivity contribution is 0.111. The van der Waals surface area contributed by atoms with Crippen molar-refractivity contribution in [1.82, 2.24) is 15.0 Å². The highest BCUT2D eigenvalue weighted by molar-refractivity contribution is 6.29. The van der Waals surface area contributed by atoms with Crippen LogP contribution in [0.3, 0.4) is 0 Å². The van der Waals surface area contributed by atoms with Crippen molar-refractivity contribution in [2.45, 2.75) is 0 Å². The lowest BCUT2D eigenvalue weighted by Crippen LogP contribution is -2.32. The molecule has 2 amide bonds. The van der Waals surface area contributed by atoms with Gasteiger partial charge in [-0.2, -0.15) is 0 Å². The zero-order chi connectivity index (χ0) is 14.5. The van der Waals surface area contributed by atoms with Crippen LogP contribution in [0.25, 0.3) is 0 Å². The number of rotatable bonds is 3. The molecule has 2 heterocycles. The molecule has 102 valence electrons. The number of hydrogen-bond donors (Lipinski definition) is 1. The molecule has 0 radical (unpaired) electrons. The average Bonchev–Trinajstić information content (AvgIpc) is 2.46. The predicted molar refractivity (Wildman–Crippen MR) is 74.1 cm³/mol. The van der Waals surface area contributed by atoms with E-state index in [-0.39, 0.29) is 16.7 Å². The maximum Gasteiger partial charge on any atom is 0.328 e. The summed E-state index contributed by atoms with van der Waals surface area (Å²) >= 11 is 5.70. The smallest absolute Gasteiger partial charge is 0.296 e. The van der Waals surface area contributed by atoms with Crippen LogP contribution in [0.1, 0.15) is 10.5 Å². The number of urea groups is 1. The second-order valence-electron chi connectivity index (χ2n) is 3.75. The second-order valence-corrected chi connectivity index (χ2v) is 4.14. The first-order valence-electron chi connectivity index (χ1n) is 5.54. The Labute approximate surface area is 119 Å². The van der Waals surface area contributed by atoms with E-state index in [1.807, 2.05) is 0 Å². The van der Waals surface area contributed by atoms with Gasteiger partial charge in [-0.25, -0.2) is 19.7 Å². The maximum absolute atomic E-state index is 12.0. The number of aldehydes is 1. The Morgan fingerprint density at radius 2 is 2.20 bits per heavy atom. The highest BCUT2D eigenvalue weighted by atomic mass is 35.5. The minimum absolute atomic E-state index is 0.221. The summed E-state index contributed by atoms with van der Waals surface area (Å²) in [6, 6.07) is 5.75. The van der Waals surface area contributed by atoms with Crippen LogP contribution in [0.2, 0.25) is 5.15 Å². The molecule has 8 heteroatoms. The van der Waals surface area contributed by atoms with Gasteiger partial charge in [-0.1, -0.05) is 17.7 Å². The molecule has 0 aliphatic heterocycles. The molecular weight excluding hydrogens is 282 g/mol. The summed E-state index contributed by atoms with van der Waals surface area (Å²) in [4.78, 5) is 35.5. The van der Waals surface area contributed by atoms with Gasteiger partial charge in [0, 0.05) is 13.1 Å². The molecule has 20 heavy (non-hydrogen) atoms. The van der Waals surface area contributed by atoms with Crippen LogP contribution in [0.5, 0.6) is 0 Å². The number of hydrogen-bond acceptors (Lipinski definition) is 5. The number of halogens is 1. The molecule has 0 fully saturated rings. The number of nitrogens with one attached hydrogen (secondary N) is 1. The molecule has 2 rings (SSSR count). The van der Waals surface area contributed by atoms with Crippen molar-refractivity contribution in [1.29, 1.82) is 0 Å². The molecule has 2 aromatic heterocycles. The third-order valence-corrected chi connectivity index (χ3v) is 2.60. The molecule has 0 aromatic carbocycles. The van der Waals surface area contributed by atoms with Crippen LogP contribution in [0, 0.1) is 0 Å². The number of carbonyl (C=O) groups excluding carboxylic acids is 2. The van der Waals surface area contributed by atoms with E-state index in [1.165, 1.54) is 24.3 Å². The second kappa shape index (κ2) is 6.07. The van der Waals surface area contributed by atoms with E-state index in [2.05, 4.69) is 20.3 Å². The fourth-order valence-corrected chi connectivity index (χ4v) is 1.54. The highest BCUT2D eigenvalue weighted by Crippen LogP contribution is 2.12. The van der Waals surface area contributed by atoms with E-state index in [1.54, 1.807) is 18.2 Å². The van der Waals surface area contributed by atoms with Crippen molar-refractivity contribution in [2.75, 3.05) is 17.3 Å². The first-order valence-corrected chi connectivity index (χ1v) is 5.92. The molecule has 0 spiro atoms. The van der Waals surface area contributed by atoms with Crippen molar-refractivity contribution < 1.29 is 9.59 Å². The summed E-state index contributed by atoms with van der Waals surface area (Å²) in [5.74, 6) is 0.612. The van der Waals surface area contributed by atoms with Crippen molar-refractivity contribution in [3.05, 3.63) is 41.4 Å². The van der Waals surface area contributed by atoms with Gasteiger partial charge in [-0.3, -0.25) is 15.0 Å². The first-order chi connectivity index (χ1) is 9.60. The number of nitrogens with zero attached hydrogens (tertiary/aromatic N) is 4. The molecule has 0 unspecified atom stereocenters. The van der Waals surface area contributed by atoms with Crippen LogP contribution in [0.4, 0.5) is 16.4 Å². The topological polar surface area (TPSA) is 88.1 Å². The Balaban J connectivity index is 2.14. The molecular formula is C12H10ClN5O2. The first kappa shape index (κ1) is 13.9. The molecule has 0 aliphatic carbocycles. The van der Waals surface area contributed by atoms with E-state index in [9.17, 15) is 9.59 Å². The molecule has 0 atom stereocenters. The van der Waals surface area contributed by atoms with Crippen molar-refractivity contribution in [2.24, 2.45) is 0 Å². The molecule has 0 bridgehead atoms. The number of amides is 2. The Hall–Kier alpha value is -2.54. The van der Waals surface area contributed by atoms with Gasteiger partial charge in [0.05, 0.1) is 0 Å². The number of carbonyl (C=O) groups is 2. The van der Waals surface area contributed by atoms with E-state index < -0.39 is 6.03 Å². The normalized spacial score (nSPS) is 9.90. The van der Waals surface area contributed by atoms with E-state index in [0.717, 1.165) is 0 Å². The fourth-order valence-electron chi connectivity index (χ4n) is 1.39. The summed E-state index contributed by atoms with van der Waals surface area (Å²) < 4.78 is 0. The van der Waals surface area contributed by atoms with Crippen LogP contribution < -0.4 is 10.2 Å². The molecule has 0 aliphatic rings. The zero-order valence-corrected chi connectivity index (χ0v) is 11.2. The van der Waals surface area contributed by atoms with Gasteiger partial charge in [0.15, 0.2) is 6.29 Å². The highest BCUT2D eigenvalue weighted by Gasteiger charge is 2.13. The van der Waals surface area contributed by atoms with Gasteiger partial charge < -0.3 is 0 Å². The minimum atomic E-state index is -0.463. The van der Waals surface area contributed by atoms with Gasteiger partial charge in [0.2, 0.25) is 0 Å². The lowest BCUT2D eigenvalue weighted by atomic mass is 10.3. The van der Waals surface area contributed by atoms with Crippen molar-refractivity contribution in [3.8, 4) is 0 Å². The van der Waals surface area contributed by atoms with Gasteiger partial charge in [-0.15, -0.1) is 0 Å². The SMILES string of the molecule is CN(C(=O)Nc1cc(Cl)ncn1)c1cccc(C=O)n1. The molecule has 2 aromatic rings. The van der Waals surface area contributed by atoms with Crippen LogP contribution in [0.15, 0.2) is 30.6 Å². The predicted octanol–water partition coefficient (Wildman–Crippen LogP) is 2.01. The summed E-state index contributed by atoms with van der Waals surface area (Å²) in [5, 5.41) is 2.76.